The zero-order chi connectivity index (χ0) is 14.5. The standard InChI is InChI=1S/C15H16ClNO3/c1-10-8-12(5-6-14(10)16)20-11(2)15(18)17-9-13-4-3-7-19-13/h3-8,11H,9H2,1-2H3,(H,17,18). The van der Waals surface area contributed by atoms with E-state index in [0.29, 0.717) is 23.1 Å². The van der Waals surface area contributed by atoms with Crippen LogP contribution >= 0.6 is 11.6 Å². The quantitative estimate of drug-likeness (QED) is 0.920. The van der Waals surface area contributed by atoms with Crippen molar-refractivity contribution in [3.05, 3.63) is 52.9 Å². The molecule has 1 heterocycles. The summed E-state index contributed by atoms with van der Waals surface area (Å²) in [6, 6.07) is 8.87. The monoisotopic (exact) mass is 293 g/mol. The third-order valence-corrected chi connectivity index (χ3v) is 3.25. The molecule has 1 amide bonds. The summed E-state index contributed by atoms with van der Waals surface area (Å²) in [5, 5.41) is 3.42. The first-order chi connectivity index (χ1) is 9.56. The minimum Gasteiger partial charge on any atom is -0.481 e. The highest BCUT2D eigenvalue weighted by Crippen LogP contribution is 2.21. The summed E-state index contributed by atoms with van der Waals surface area (Å²) in [5.41, 5.74) is 0.910. The van der Waals surface area contributed by atoms with E-state index in [1.807, 2.05) is 6.92 Å². The summed E-state index contributed by atoms with van der Waals surface area (Å²) in [6.07, 6.45) is 0.975. The van der Waals surface area contributed by atoms with Crippen molar-refractivity contribution < 1.29 is 13.9 Å². The first-order valence-electron chi connectivity index (χ1n) is 6.29. The predicted octanol–water partition coefficient (Wildman–Crippen LogP) is 3.33. The molecule has 1 unspecified atom stereocenters. The van der Waals surface area contributed by atoms with E-state index in [0.717, 1.165) is 5.56 Å². The molecule has 20 heavy (non-hydrogen) atoms. The molecule has 0 aliphatic carbocycles. The molecule has 0 bridgehead atoms. The fraction of sp³-hybridized carbons (Fsp3) is 0.267. The molecule has 2 aromatic rings. The maximum Gasteiger partial charge on any atom is 0.261 e. The van der Waals surface area contributed by atoms with Gasteiger partial charge in [-0.25, -0.2) is 0 Å². The van der Waals surface area contributed by atoms with Gasteiger partial charge in [0.15, 0.2) is 6.10 Å². The molecule has 4 nitrogen and oxygen atoms in total. The Hall–Kier alpha value is -1.94. The predicted molar refractivity (Wildman–Crippen MR) is 76.8 cm³/mol. The average Bonchev–Trinajstić information content (AvgIpc) is 2.93. The lowest BCUT2D eigenvalue weighted by atomic mass is 10.2. The number of halogens is 1. The Balaban J connectivity index is 1.88. The van der Waals surface area contributed by atoms with Crippen molar-refractivity contribution in [3.8, 4) is 5.75 Å². The van der Waals surface area contributed by atoms with Gasteiger partial charge >= 0.3 is 0 Å². The topological polar surface area (TPSA) is 51.5 Å². The third-order valence-electron chi connectivity index (χ3n) is 2.83. The fourth-order valence-electron chi connectivity index (χ4n) is 1.68. The van der Waals surface area contributed by atoms with E-state index >= 15 is 0 Å². The Labute approximate surface area is 122 Å². The van der Waals surface area contributed by atoms with Gasteiger partial charge in [0.1, 0.15) is 11.5 Å². The lowest BCUT2D eigenvalue weighted by Crippen LogP contribution is -2.35. The van der Waals surface area contributed by atoms with Crippen molar-refractivity contribution in [2.24, 2.45) is 0 Å². The van der Waals surface area contributed by atoms with Gasteiger partial charge in [0.25, 0.3) is 5.91 Å². The molecule has 0 spiro atoms. The van der Waals surface area contributed by atoms with E-state index in [1.54, 1.807) is 43.5 Å². The van der Waals surface area contributed by atoms with E-state index in [-0.39, 0.29) is 5.91 Å². The zero-order valence-corrected chi connectivity index (χ0v) is 12.1. The molecule has 1 aromatic heterocycles. The van der Waals surface area contributed by atoms with Crippen molar-refractivity contribution in [2.75, 3.05) is 0 Å². The summed E-state index contributed by atoms with van der Waals surface area (Å²) < 4.78 is 10.7. The van der Waals surface area contributed by atoms with Gasteiger partial charge in [-0.05, 0) is 49.7 Å². The normalized spacial score (nSPS) is 11.9. The molecule has 0 radical (unpaired) electrons. The van der Waals surface area contributed by atoms with Crippen LogP contribution in [0, 0.1) is 6.92 Å². The highest BCUT2D eigenvalue weighted by molar-refractivity contribution is 6.31. The number of aryl methyl sites for hydroxylation is 1. The smallest absolute Gasteiger partial charge is 0.261 e. The number of hydrogen-bond acceptors (Lipinski definition) is 3. The van der Waals surface area contributed by atoms with Crippen LogP contribution in [0.5, 0.6) is 5.75 Å². The minimum atomic E-state index is -0.592. The second-order valence-corrected chi connectivity index (χ2v) is 4.88. The van der Waals surface area contributed by atoms with E-state index < -0.39 is 6.10 Å². The largest absolute Gasteiger partial charge is 0.481 e. The zero-order valence-electron chi connectivity index (χ0n) is 11.4. The highest BCUT2D eigenvalue weighted by Gasteiger charge is 2.15. The SMILES string of the molecule is Cc1cc(OC(C)C(=O)NCc2ccco2)ccc1Cl. The van der Waals surface area contributed by atoms with Gasteiger partial charge in [0.2, 0.25) is 0 Å². The summed E-state index contributed by atoms with van der Waals surface area (Å²) in [5.74, 6) is 1.12. The Kier molecular flexibility index (Phi) is 4.69. The molecule has 5 heteroatoms. The van der Waals surface area contributed by atoms with Crippen molar-refractivity contribution in [3.63, 3.8) is 0 Å². The lowest BCUT2D eigenvalue weighted by Gasteiger charge is -2.15. The summed E-state index contributed by atoms with van der Waals surface area (Å²) in [7, 11) is 0. The number of carbonyl (C=O) groups excluding carboxylic acids is 1. The fourth-order valence-corrected chi connectivity index (χ4v) is 1.80. The number of rotatable bonds is 5. The van der Waals surface area contributed by atoms with E-state index in [2.05, 4.69) is 5.32 Å². The second-order valence-electron chi connectivity index (χ2n) is 4.47. The van der Waals surface area contributed by atoms with Gasteiger partial charge in [-0.15, -0.1) is 0 Å². The summed E-state index contributed by atoms with van der Waals surface area (Å²) in [4.78, 5) is 11.9. The van der Waals surface area contributed by atoms with Crippen LogP contribution in [0.25, 0.3) is 0 Å². The molecule has 0 saturated carbocycles. The maximum absolute atomic E-state index is 11.9. The van der Waals surface area contributed by atoms with Crippen LogP contribution in [0.1, 0.15) is 18.2 Å². The van der Waals surface area contributed by atoms with E-state index in [1.165, 1.54) is 0 Å². The number of amides is 1. The number of benzene rings is 1. The van der Waals surface area contributed by atoms with Crippen molar-refractivity contribution in [1.82, 2.24) is 5.32 Å². The molecule has 1 N–H and O–H groups in total. The number of nitrogens with one attached hydrogen (secondary N) is 1. The molecule has 0 aliphatic heterocycles. The third kappa shape index (κ3) is 3.78. The molecule has 2 rings (SSSR count). The van der Waals surface area contributed by atoms with E-state index in [4.69, 9.17) is 20.8 Å². The van der Waals surface area contributed by atoms with Crippen LogP contribution in [-0.4, -0.2) is 12.0 Å². The number of carbonyl (C=O) groups is 1. The number of ether oxygens (including phenoxy) is 1. The molecule has 106 valence electrons. The van der Waals surface area contributed by atoms with Gasteiger partial charge in [-0.1, -0.05) is 11.6 Å². The lowest BCUT2D eigenvalue weighted by molar-refractivity contribution is -0.127. The van der Waals surface area contributed by atoms with E-state index in [9.17, 15) is 4.79 Å². The van der Waals surface area contributed by atoms with Crippen LogP contribution in [0.3, 0.4) is 0 Å². The van der Waals surface area contributed by atoms with Crippen LogP contribution in [0.15, 0.2) is 41.0 Å². The Morgan fingerprint density at radius 2 is 2.25 bits per heavy atom. The van der Waals surface area contributed by atoms with Gasteiger partial charge in [-0.3, -0.25) is 4.79 Å². The number of furan rings is 1. The van der Waals surface area contributed by atoms with Crippen molar-refractivity contribution >= 4 is 17.5 Å². The summed E-state index contributed by atoms with van der Waals surface area (Å²) >= 11 is 5.94. The molecule has 0 saturated heterocycles. The number of hydrogen-bond donors (Lipinski definition) is 1. The first kappa shape index (κ1) is 14.5. The Morgan fingerprint density at radius 3 is 2.90 bits per heavy atom. The molecule has 0 aliphatic rings. The van der Waals surface area contributed by atoms with Gasteiger partial charge in [-0.2, -0.15) is 0 Å². The van der Waals surface area contributed by atoms with Gasteiger partial charge in [0, 0.05) is 5.02 Å². The second kappa shape index (κ2) is 6.48. The first-order valence-corrected chi connectivity index (χ1v) is 6.67. The molecule has 1 atom stereocenters. The van der Waals surface area contributed by atoms with Crippen molar-refractivity contribution in [2.45, 2.75) is 26.5 Å². The van der Waals surface area contributed by atoms with Crippen LogP contribution < -0.4 is 10.1 Å². The van der Waals surface area contributed by atoms with Crippen molar-refractivity contribution in [1.29, 1.82) is 0 Å². The van der Waals surface area contributed by atoms with Gasteiger partial charge in [0.05, 0.1) is 12.8 Å². The average molecular weight is 294 g/mol. The molecular weight excluding hydrogens is 278 g/mol. The highest BCUT2D eigenvalue weighted by atomic mass is 35.5. The molecule has 0 fully saturated rings. The molecule has 1 aromatic carbocycles. The summed E-state index contributed by atoms with van der Waals surface area (Å²) in [6.45, 7) is 3.93. The Morgan fingerprint density at radius 1 is 1.45 bits per heavy atom. The maximum atomic E-state index is 11.9. The van der Waals surface area contributed by atoms with Crippen LogP contribution in [-0.2, 0) is 11.3 Å². The van der Waals surface area contributed by atoms with Crippen LogP contribution in [0.2, 0.25) is 5.02 Å². The van der Waals surface area contributed by atoms with Gasteiger partial charge < -0.3 is 14.5 Å². The minimum absolute atomic E-state index is 0.200. The molecular formula is C15H16ClNO3. The Bertz CT molecular complexity index is 581. The van der Waals surface area contributed by atoms with Crippen LogP contribution in [0.4, 0.5) is 0 Å².